The Morgan fingerprint density at radius 1 is 1.35 bits per heavy atom. The Balaban J connectivity index is 2.10. The van der Waals surface area contributed by atoms with Crippen LogP contribution in [0, 0.1) is 6.92 Å². The van der Waals surface area contributed by atoms with Gasteiger partial charge in [0.2, 0.25) is 0 Å². The number of hydrogen-bond acceptors (Lipinski definition) is 5. The van der Waals surface area contributed by atoms with E-state index in [0.717, 1.165) is 11.6 Å². The number of carbonyl (C=O) groups is 1. The van der Waals surface area contributed by atoms with Crippen LogP contribution in [-0.2, 0) is 17.7 Å². The second kappa shape index (κ2) is 6.52. The Bertz CT molecular complexity index is 608. The highest BCUT2D eigenvalue weighted by molar-refractivity contribution is 7.17. The average molecular weight is 290 g/mol. The standard InChI is InChI=1S/C15H18N2O2S/c1-4-11-7-5-6-8-12(11)9-16-15-17-10(2)13(20-15)14(18)19-3/h5-8H,4,9H2,1-3H3,(H,16,17). The van der Waals surface area contributed by atoms with E-state index in [1.807, 2.05) is 19.1 Å². The number of aromatic nitrogens is 1. The molecule has 0 saturated carbocycles. The maximum atomic E-state index is 11.5. The van der Waals surface area contributed by atoms with Crippen LogP contribution in [0.3, 0.4) is 0 Å². The number of esters is 1. The topological polar surface area (TPSA) is 51.2 Å². The lowest BCUT2D eigenvalue weighted by Gasteiger charge is -2.07. The van der Waals surface area contributed by atoms with Gasteiger partial charge in [0.25, 0.3) is 0 Å². The van der Waals surface area contributed by atoms with E-state index in [2.05, 4.69) is 29.4 Å². The first kappa shape index (κ1) is 14.5. The summed E-state index contributed by atoms with van der Waals surface area (Å²) in [5, 5.41) is 4.02. The first-order valence-electron chi connectivity index (χ1n) is 6.52. The van der Waals surface area contributed by atoms with E-state index < -0.39 is 0 Å². The molecule has 0 fully saturated rings. The van der Waals surface area contributed by atoms with E-state index in [1.165, 1.54) is 29.6 Å². The van der Waals surface area contributed by atoms with Crippen LogP contribution in [0.5, 0.6) is 0 Å². The third-order valence-electron chi connectivity index (χ3n) is 3.10. The number of methoxy groups -OCH3 is 1. The molecule has 2 aromatic rings. The molecule has 0 saturated heterocycles. The summed E-state index contributed by atoms with van der Waals surface area (Å²) in [6.07, 6.45) is 1.00. The number of nitrogens with one attached hydrogen (secondary N) is 1. The summed E-state index contributed by atoms with van der Waals surface area (Å²) in [5.41, 5.74) is 3.28. The minimum absolute atomic E-state index is 0.331. The first-order valence-corrected chi connectivity index (χ1v) is 7.33. The quantitative estimate of drug-likeness (QED) is 0.857. The SMILES string of the molecule is CCc1ccccc1CNc1nc(C)c(C(=O)OC)s1. The van der Waals surface area contributed by atoms with Crippen LogP contribution in [0.1, 0.15) is 33.4 Å². The molecule has 0 bridgehead atoms. The first-order chi connectivity index (χ1) is 9.65. The number of benzene rings is 1. The highest BCUT2D eigenvalue weighted by Gasteiger charge is 2.15. The molecule has 1 aromatic carbocycles. The molecular formula is C15H18N2O2S. The Morgan fingerprint density at radius 3 is 2.70 bits per heavy atom. The summed E-state index contributed by atoms with van der Waals surface area (Å²) in [6, 6.07) is 8.31. The number of thiazole rings is 1. The van der Waals surface area contributed by atoms with Crippen molar-refractivity contribution in [2.45, 2.75) is 26.8 Å². The lowest BCUT2D eigenvalue weighted by molar-refractivity contribution is 0.0605. The third-order valence-corrected chi connectivity index (χ3v) is 4.19. The molecule has 1 aromatic heterocycles. The number of aryl methyl sites for hydroxylation is 2. The van der Waals surface area contributed by atoms with Crippen molar-refractivity contribution >= 4 is 22.4 Å². The molecule has 106 valence electrons. The maximum absolute atomic E-state index is 11.5. The molecule has 1 N–H and O–H groups in total. The van der Waals surface area contributed by atoms with E-state index in [9.17, 15) is 4.79 Å². The van der Waals surface area contributed by atoms with Gasteiger partial charge in [0.1, 0.15) is 4.88 Å². The van der Waals surface area contributed by atoms with Crippen LogP contribution in [0.25, 0.3) is 0 Å². The van der Waals surface area contributed by atoms with Gasteiger partial charge in [-0.15, -0.1) is 0 Å². The largest absolute Gasteiger partial charge is 0.465 e. The summed E-state index contributed by atoms with van der Waals surface area (Å²) in [5.74, 6) is -0.331. The van der Waals surface area contributed by atoms with Gasteiger partial charge in [-0.3, -0.25) is 0 Å². The highest BCUT2D eigenvalue weighted by atomic mass is 32.1. The van der Waals surface area contributed by atoms with Gasteiger partial charge in [-0.25, -0.2) is 9.78 Å². The number of carbonyl (C=O) groups excluding carboxylic acids is 1. The lowest BCUT2D eigenvalue weighted by Crippen LogP contribution is -2.02. The normalized spacial score (nSPS) is 10.3. The minimum Gasteiger partial charge on any atom is -0.465 e. The average Bonchev–Trinajstić information content (AvgIpc) is 2.85. The summed E-state index contributed by atoms with van der Waals surface area (Å²) >= 11 is 1.33. The molecule has 0 aliphatic heterocycles. The van der Waals surface area contributed by atoms with Crippen LogP contribution in [0.2, 0.25) is 0 Å². The summed E-state index contributed by atoms with van der Waals surface area (Å²) < 4.78 is 4.73. The maximum Gasteiger partial charge on any atom is 0.350 e. The molecule has 20 heavy (non-hydrogen) atoms. The monoisotopic (exact) mass is 290 g/mol. The molecule has 0 spiro atoms. The number of ether oxygens (including phenoxy) is 1. The molecule has 5 heteroatoms. The van der Waals surface area contributed by atoms with Crippen molar-refractivity contribution in [1.29, 1.82) is 0 Å². The van der Waals surface area contributed by atoms with Crippen molar-refractivity contribution in [2.75, 3.05) is 12.4 Å². The molecule has 1 heterocycles. The zero-order valence-electron chi connectivity index (χ0n) is 11.9. The van der Waals surface area contributed by atoms with E-state index >= 15 is 0 Å². The molecule has 0 aliphatic rings. The molecule has 4 nitrogen and oxygen atoms in total. The lowest BCUT2D eigenvalue weighted by atomic mass is 10.1. The summed E-state index contributed by atoms with van der Waals surface area (Å²) in [4.78, 5) is 16.5. The van der Waals surface area contributed by atoms with Crippen LogP contribution >= 0.6 is 11.3 Å². The van der Waals surface area contributed by atoms with Gasteiger partial charge >= 0.3 is 5.97 Å². The van der Waals surface area contributed by atoms with Gasteiger partial charge in [0.15, 0.2) is 5.13 Å². The van der Waals surface area contributed by atoms with Crippen molar-refractivity contribution in [3.05, 3.63) is 46.0 Å². The van der Waals surface area contributed by atoms with Gasteiger partial charge < -0.3 is 10.1 Å². The molecular weight excluding hydrogens is 272 g/mol. The van der Waals surface area contributed by atoms with Crippen molar-refractivity contribution in [3.63, 3.8) is 0 Å². The Hall–Kier alpha value is -1.88. The van der Waals surface area contributed by atoms with E-state index in [1.54, 1.807) is 0 Å². The molecule has 0 aliphatic carbocycles. The molecule has 0 unspecified atom stereocenters. The second-order valence-electron chi connectivity index (χ2n) is 4.40. The Labute approximate surface area is 122 Å². The molecule has 2 rings (SSSR count). The predicted molar refractivity (Wildman–Crippen MR) is 81.3 cm³/mol. The Morgan fingerprint density at radius 2 is 2.05 bits per heavy atom. The van der Waals surface area contributed by atoms with Crippen molar-refractivity contribution in [2.24, 2.45) is 0 Å². The minimum atomic E-state index is -0.331. The van der Waals surface area contributed by atoms with Crippen LogP contribution < -0.4 is 5.32 Å². The van der Waals surface area contributed by atoms with Crippen molar-refractivity contribution in [1.82, 2.24) is 4.98 Å². The smallest absolute Gasteiger partial charge is 0.350 e. The van der Waals surface area contributed by atoms with E-state index in [4.69, 9.17) is 4.74 Å². The van der Waals surface area contributed by atoms with Gasteiger partial charge in [0.05, 0.1) is 12.8 Å². The van der Waals surface area contributed by atoms with Crippen LogP contribution in [0.4, 0.5) is 5.13 Å². The van der Waals surface area contributed by atoms with Gasteiger partial charge in [-0.2, -0.15) is 0 Å². The predicted octanol–water partition coefficient (Wildman–Crippen LogP) is 3.41. The number of rotatable bonds is 5. The number of anilines is 1. The molecule has 0 atom stereocenters. The molecule has 0 amide bonds. The summed E-state index contributed by atoms with van der Waals surface area (Å²) in [6.45, 7) is 4.66. The van der Waals surface area contributed by atoms with Gasteiger partial charge in [-0.1, -0.05) is 42.5 Å². The van der Waals surface area contributed by atoms with Crippen molar-refractivity contribution < 1.29 is 9.53 Å². The fourth-order valence-corrected chi connectivity index (χ4v) is 2.88. The van der Waals surface area contributed by atoms with Crippen LogP contribution in [-0.4, -0.2) is 18.1 Å². The van der Waals surface area contributed by atoms with Crippen LogP contribution in [0.15, 0.2) is 24.3 Å². The highest BCUT2D eigenvalue weighted by Crippen LogP contribution is 2.24. The van der Waals surface area contributed by atoms with Crippen molar-refractivity contribution in [3.8, 4) is 0 Å². The number of hydrogen-bond donors (Lipinski definition) is 1. The zero-order chi connectivity index (χ0) is 14.5. The number of nitrogens with zero attached hydrogens (tertiary/aromatic N) is 1. The second-order valence-corrected chi connectivity index (χ2v) is 5.40. The van der Waals surface area contributed by atoms with E-state index in [0.29, 0.717) is 17.1 Å². The van der Waals surface area contributed by atoms with E-state index in [-0.39, 0.29) is 5.97 Å². The zero-order valence-corrected chi connectivity index (χ0v) is 12.7. The Kier molecular flexibility index (Phi) is 4.74. The molecule has 0 radical (unpaired) electrons. The van der Waals surface area contributed by atoms with Gasteiger partial charge in [-0.05, 0) is 24.5 Å². The summed E-state index contributed by atoms with van der Waals surface area (Å²) in [7, 11) is 1.38. The third kappa shape index (κ3) is 3.17. The fourth-order valence-electron chi connectivity index (χ4n) is 2.00. The van der Waals surface area contributed by atoms with Gasteiger partial charge in [0, 0.05) is 6.54 Å². The fraction of sp³-hybridized carbons (Fsp3) is 0.333.